The van der Waals surface area contributed by atoms with Crippen LogP contribution in [0.15, 0.2) is 27.5 Å². The van der Waals surface area contributed by atoms with Crippen molar-refractivity contribution in [2.24, 2.45) is 7.05 Å². The van der Waals surface area contributed by atoms with Crippen LogP contribution < -0.4 is 0 Å². The van der Waals surface area contributed by atoms with Crippen LogP contribution in [0.1, 0.15) is 37.5 Å². The van der Waals surface area contributed by atoms with Crippen LogP contribution in [0.25, 0.3) is 23.0 Å². The minimum absolute atomic E-state index is 0.399. The van der Waals surface area contributed by atoms with Gasteiger partial charge in [-0.25, -0.2) is 4.98 Å². The molecule has 0 atom stereocenters. The van der Waals surface area contributed by atoms with E-state index in [1.807, 2.05) is 13.2 Å². The normalized spacial score (nSPS) is 15.9. The van der Waals surface area contributed by atoms with Crippen LogP contribution in [0.2, 0.25) is 0 Å². The molecule has 1 fully saturated rings. The van der Waals surface area contributed by atoms with Gasteiger partial charge in [0.25, 0.3) is 5.89 Å². The monoisotopic (exact) mass is 285 g/mol. The summed E-state index contributed by atoms with van der Waals surface area (Å²) < 4.78 is 12.9. The summed E-state index contributed by atoms with van der Waals surface area (Å²) in [4.78, 5) is 4.39. The van der Waals surface area contributed by atoms with Crippen LogP contribution in [0.3, 0.4) is 0 Å². The Morgan fingerprint density at radius 1 is 1.19 bits per heavy atom. The van der Waals surface area contributed by atoms with Crippen LogP contribution in [-0.2, 0) is 7.05 Å². The van der Waals surface area contributed by atoms with Gasteiger partial charge in [0.1, 0.15) is 6.26 Å². The highest BCUT2D eigenvalue weighted by Gasteiger charge is 2.24. The predicted octanol–water partition coefficient (Wildman–Crippen LogP) is 2.78. The first-order valence-corrected chi connectivity index (χ1v) is 7.08. The minimum Gasteiger partial charge on any atom is -0.444 e. The number of hydrogen-bond donors (Lipinski definition) is 0. The summed E-state index contributed by atoms with van der Waals surface area (Å²) in [5, 5.41) is 12.3. The summed E-state index contributed by atoms with van der Waals surface area (Å²) in [6.07, 6.45) is 9.80. The van der Waals surface area contributed by atoms with Crippen LogP contribution in [0.5, 0.6) is 0 Å². The second-order valence-corrected chi connectivity index (χ2v) is 5.37. The predicted molar refractivity (Wildman–Crippen MR) is 73.2 cm³/mol. The van der Waals surface area contributed by atoms with E-state index in [4.69, 9.17) is 8.83 Å². The molecule has 7 heteroatoms. The number of hydrogen-bond acceptors (Lipinski definition) is 6. The summed E-state index contributed by atoms with van der Waals surface area (Å²) in [5.74, 6) is 2.03. The first-order chi connectivity index (χ1) is 10.3. The molecular weight excluding hydrogens is 270 g/mol. The van der Waals surface area contributed by atoms with Gasteiger partial charge in [0.15, 0.2) is 5.69 Å². The van der Waals surface area contributed by atoms with E-state index in [2.05, 4.69) is 20.3 Å². The highest BCUT2D eigenvalue weighted by atomic mass is 16.4. The Bertz CT molecular complexity index is 751. The Balaban J connectivity index is 1.60. The molecule has 3 aromatic heterocycles. The SMILES string of the molecule is Cn1cc(-c2nc(-c3nnc(C4CCCC4)o3)co2)cn1. The third kappa shape index (κ3) is 2.24. The van der Waals surface area contributed by atoms with Gasteiger partial charge in [-0.15, -0.1) is 10.2 Å². The second kappa shape index (κ2) is 4.83. The lowest BCUT2D eigenvalue weighted by molar-refractivity contribution is 0.456. The van der Waals surface area contributed by atoms with Gasteiger partial charge in [-0.05, 0) is 12.8 Å². The van der Waals surface area contributed by atoms with Crippen molar-refractivity contribution in [1.82, 2.24) is 25.0 Å². The molecule has 4 rings (SSSR count). The van der Waals surface area contributed by atoms with E-state index in [9.17, 15) is 0 Å². The molecule has 0 bridgehead atoms. The highest BCUT2D eigenvalue weighted by molar-refractivity contribution is 5.55. The van der Waals surface area contributed by atoms with E-state index in [1.165, 1.54) is 19.1 Å². The zero-order valence-electron chi connectivity index (χ0n) is 11.7. The second-order valence-electron chi connectivity index (χ2n) is 5.37. The number of aromatic nitrogens is 5. The maximum atomic E-state index is 5.74. The minimum atomic E-state index is 0.399. The molecule has 0 saturated heterocycles. The topological polar surface area (TPSA) is 82.8 Å². The Morgan fingerprint density at radius 3 is 2.81 bits per heavy atom. The summed E-state index contributed by atoms with van der Waals surface area (Å²) in [5.41, 5.74) is 1.38. The molecule has 1 aliphatic carbocycles. The van der Waals surface area contributed by atoms with E-state index < -0.39 is 0 Å². The standard InChI is InChI=1S/C14H15N5O2/c1-19-7-10(6-15-19)12-16-11(8-20-12)14-18-17-13(21-14)9-4-2-3-5-9/h6-9H,2-5H2,1H3. The summed E-state index contributed by atoms with van der Waals surface area (Å²) >= 11 is 0. The van der Waals surface area contributed by atoms with Crippen molar-refractivity contribution in [3.63, 3.8) is 0 Å². The van der Waals surface area contributed by atoms with Gasteiger partial charge < -0.3 is 8.83 Å². The van der Waals surface area contributed by atoms with Crippen LogP contribution >= 0.6 is 0 Å². The summed E-state index contributed by atoms with van der Waals surface area (Å²) in [6.45, 7) is 0. The van der Waals surface area contributed by atoms with Crippen molar-refractivity contribution in [3.05, 3.63) is 24.5 Å². The number of oxazole rings is 1. The van der Waals surface area contributed by atoms with Crippen molar-refractivity contribution in [2.45, 2.75) is 31.6 Å². The lowest BCUT2D eigenvalue weighted by Crippen LogP contribution is -1.91. The third-order valence-electron chi connectivity index (χ3n) is 3.82. The molecule has 0 aliphatic heterocycles. The Kier molecular flexibility index (Phi) is 2.83. The molecule has 0 amide bonds. The van der Waals surface area contributed by atoms with Crippen molar-refractivity contribution < 1.29 is 8.83 Å². The van der Waals surface area contributed by atoms with E-state index in [1.54, 1.807) is 10.9 Å². The Morgan fingerprint density at radius 2 is 2.05 bits per heavy atom. The van der Waals surface area contributed by atoms with Gasteiger partial charge in [-0.2, -0.15) is 5.10 Å². The fraction of sp³-hybridized carbons (Fsp3) is 0.429. The van der Waals surface area contributed by atoms with E-state index in [0.29, 0.717) is 29.3 Å². The third-order valence-corrected chi connectivity index (χ3v) is 3.82. The maximum Gasteiger partial charge on any atom is 0.269 e. The molecule has 108 valence electrons. The largest absolute Gasteiger partial charge is 0.444 e. The molecule has 3 aromatic rings. The molecule has 0 aromatic carbocycles. The average molecular weight is 285 g/mol. The van der Waals surface area contributed by atoms with Crippen LogP contribution in [0.4, 0.5) is 0 Å². The number of aryl methyl sites for hydroxylation is 1. The molecule has 21 heavy (non-hydrogen) atoms. The van der Waals surface area contributed by atoms with Gasteiger partial charge in [-0.1, -0.05) is 12.8 Å². The maximum absolute atomic E-state index is 5.74. The molecule has 7 nitrogen and oxygen atoms in total. The molecule has 1 aliphatic rings. The van der Waals surface area contributed by atoms with Crippen molar-refractivity contribution in [3.8, 4) is 23.0 Å². The summed E-state index contributed by atoms with van der Waals surface area (Å²) in [6, 6.07) is 0. The zero-order valence-corrected chi connectivity index (χ0v) is 11.7. The first kappa shape index (κ1) is 12.3. The lowest BCUT2D eigenvalue weighted by atomic mass is 10.1. The van der Waals surface area contributed by atoms with Crippen molar-refractivity contribution in [2.75, 3.05) is 0 Å². The fourth-order valence-corrected chi connectivity index (χ4v) is 2.71. The van der Waals surface area contributed by atoms with E-state index >= 15 is 0 Å². The Hall–Kier alpha value is -2.44. The molecule has 0 spiro atoms. The van der Waals surface area contributed by atoms with Crippen molar-refractivity contribution >= 4 is 0 Å². The molecule has 0 radical (unpaired) electrons. The summed E-state index contributed by atoms with van der Waals surface area (Å²) in [7, 11) is 1.85. The van der Waals surface area contributed by atoms with Crippen LogP contribution in [0, 0.1) is 0 Å². The zero-order chi connectivity index (χ0) is 14.2. The lowest BCUT2D eigenvalue weighted by Gasteiger charge is -1.99. The fourth-order valence-electron chi connectivity index (χ4n) is 2.71. The molecule has 0 N–H and O–H groups in total. The number of rotatable bonds is 3. The van der Waals surface area contributed by atoms with Gasteiger partial charge in [0.2, 0.25) is 11.8 Å². The molecule has 1 saturated carbocycles. The average Bonchev–Trinajstić information content (AvgIpc) is 3.25. The first-order valence-electron chi connectivity index (χ1n) is 7.08. The van der Waals surface area contributed by atoms with Crippen molar-refractivity contribution in [1.29, 1.82) is 0 Å². The van der Waals surface area contributed by atoms with E-state index in [-0.39, 0.29) is 0 Å². The van der Waals surface area contributed by atoms with Gasteiger partial charge in [0, 0.05) is 19.2 Å². The number of nitrogens with zero attached hydrogens (tertiary/aromatic N) is 5. The van der Waals surface area contributed by atoms with Gasteiger partial charge >= 0.3 is 0 Å². The highest BCUT2D eigenvalue weighted by Crippen LogP contribution is 2.34. The quantitative estimate of drug-likeness (QED) is 0.735. The van der Waals surface area contributed by atoms with Gasteiger partial charge in [0.05, 0.1) is 11.8 Å². The molecule has 3 heterocycles. The Labute approximate surface area is 121 Å². The van der Waals surface area contributed by atoms with E-state index in [0.717, 1.165) is 18.4 Å². The van der Waals surface area contributed by atoms with Crippen LogP contribution in [-0.4, -0.2) is 25.0 Å². The molecule has 0 unspecified atom stereocenters. The molecular formula is C14H15N5O2. The van der Waals surface area contributed by atoms with Gasteiger partial charge in [-0.3, -0.25) is 4.68 Å². The smallest absolute Gasteiger partial charge is 0.269 e.